The molecule has 0 rings (SSSR count). The fourth-order valence-electron chi connectivity index (χ4n) is 0.975. The maximum Gasteiger partial charge on any atom is 2.00 e. The topological polar surface area (TPSA) is 175 Å². The summed E-state index contributed by atoms with van der Waals surface area (Å²) in [5, 5.41) is 16.5. The van der Waals surface area contributed by atoms with Gasteiger partial charge in [-0.25, -0.2) is 0 Å². The van der Waals surface area contributed by atoms with E-state index in [1.807, 2.05) is 0 Å². The number of ether oxygens (including phenoxy) is 2. The van der Waals surface area contributed by atoms with E-state index in [2.05, 4.69) is 9.47 Å². The van der Waals surface area contributed by atoms with Crippen molar-refractivity contribution in [3.05, 3.63) is 11.5 Å². The van der Waals surface area contributed by atoms with Gasteiger partial charge >= 0.3 is 29.0 Å². The first kappa shape index (κ1) is 26.2. The second-order valence-corrected chi connectivity index (χ2v) is 4.01. The molecule has 0 aliphatic carbocycles. The van der Waals surface area contributed by atoms with E-state index < -0.39 is 36.0 Å². The monoisotopic (exact) mass is 383 g/mol. The molecule has 2 unspecified atom stereocenters. The molecule has 0 heterocycles. The van der Waals surface area contributed by atoms with Crippen LogP contribution in [0, 0.1) is 0 Å². The Morgan fingerprint density at radius 3 is 1.26 bits per heavy atom. The number of nitrogens with one attached hydrogen (secondary N) is 2. The Morgan fingerprint density at radius 1 is 0.826 bits per heavy atom. The van der Waals surface area contributed by atoms with Gasteiger partial charge in [-0.2, -0.15) is 0 Å². The Kier molecular flexibility index (Phi) is 17.4. The van der Waals surface area contributed by atoms with E-state index in [1.165, 1.54) is 14.2 Å². The summed E-state index contributed by atoms with van der Waals surface area (Å²) in [6.07, 6.45) is -0.0298. The Morgan fingerprint density at radius 2 is 1.09 bits per heavy atom. The molecule has 4 N–H and O–H groups in total. The first-order valence-electron chi connectivity index (χ1n) is 6.17. The van der Waals surface area contributed by atoms with E-state index in [0.29, 0.717) is 0 Å². The number of rotatable bonds is 8. The average Bonchev–Trinajstić information content (AvgIpc) is 2.49. The van der Waals surface area contributed by atoms with Crippen molar-refractivity contribution in [3.63, 3.8) is 0 Å². The van der Waals surface area contributed by atoms with Crippen LogP contribution in [-0.2, 0) is 45.7 Å². The smallest absolute Gasteiger partial charge is 0.665 e. The molecule has 0 aliphatic heterocycles. The second-order valence-electron chi connectivity index (χ2n) is 4.01. The SMILES string of the molecule is COC(=O)CCC([NH-])C(=O)O.COC(=O)CCC([NH-])C(=O)O.[Cu+2]. The van der Waals surface area contributed by atoms with Gasteiger partial charge in [-0.05, 0) is 24.9 Å². The van der Waals surface area contributed by atoms with Gasteiger partial charge in [0.15, 0.2) is 0 Å². The predicted octanol–water partition coefficient (Wildman–Crippen LogP) is 0.887. The molecule has 11 heteroatoms. The number of aliphatic carboxylic acids is 2. The molecule has 0 spiro atoms. The third-order valence-corrected chi connectivity index (χ3v) is 2.33. The largest absolute Gasteiger partial charge is 2.00 e. The van der Waals surface area contributed by atoms with Gasteiger partial charge in [0.2, 0.25) is 0 Å². The minimum atomic E-state index is -1.23. The van der Waals surface area contributed by atoms with Crippen LogP contribution in [0.25, 0.3) is 11.5 Å². The first-order chi connectivity index (χ1) is 10.1. The van der Waals surface area contributed by atoms with Crippen LogP contribution in [0.5, 0.6) is 0 Å². The molecule has 0 aromatic heterocycles. The number of carboxylic acids is 2. The molecule has 0 bridgehead atoms. The molecule has 0 aromatic rings. The van der Waals surface area contributed by atoms with Crippen molar-refractivity contribution >= 4 is 23.9 Å². The zero-order valence-electron chi connectivity index (χ0n) is 12.6. The van der Waals surface area contributed by atoms with Gasteiger partial charge < -0.3 is 31.2 Å². The normalized spacial score (nSPS) is 11.7. The molecule has 0 amide bonds. The Hall–Kier alpha value is -1.68. The number of carbonyl (C=O) groups excluding carboxylic acids is 2. The van der Waals surface area contributed by atoms with Crippen LogP contribution in [0.3, 0.4) is 0 Å². The molecule has 0 saturated heterocycles. The van der Waals surface area contributed by atoms with Crippen LogP contribution in [0.4, 0.5) is 0 Å². The van der Waals surface area contributed by atoms with E-state index in [4.69, 9.17) is 21.7 Å². The number of esters is 2. The van der Waals surface area contributed by atoms with Crippen molar-refractivity contribution < 1.29 is 55.9 Å². The Balaban J connectivity index is -0.000000333. The predicted molar refractivity (Wildman–Crippen MR) is 74.0 cm³/mol. The van der Waals surface area contributed by atoms with Crippen molar-refractivity contribution in [1.82, 2.24) is 0 Å². The standard InChI is InChI=1S/2C6H10NO4.Cu/c2*1-11-5(8)3-2-4(7)6(9)10;/h2*4,7H,2-3H2,1H3,(H,9,10);/q2*-1;+2. The molecule has 23 heavy (non-hydrogen) atoms. The molecule has 137 valence electrons. The number of carboxylic acid groups (broad SMARTS) is 2. The minimum Gasteiger partial charge on any atom is -0.665 e. The Labute approximate surface area is 143 Å². The molecule has 0 fully saturated rings. The fraction of sp³-hybridized carbons (Fsp3) is 0.667. The van der Waals surface area contributed by atoms with Gasteiger partial charge in [-0.15, -0.1) is 0 Å². The third kappa shape index (κ3) is 16.5. The van der Waals surface area contributed by atoms with Crippen molar-refractivity contribution in [2.75, 3.05) is 14.2 Å². The van der Waals surface area contributed by atoms with E-state index in [1.54, 1.807) is 0 Å². The van der Waals surface area contributed by atoms with Gasteiger partial charge in [0.1, 0.15) is 0 Å². The molecule has 10 nitrogen and oxygen atoms in total. The summed E-state index contributed by atoms with van der Waals surface area (Å²) in [7, 11) is 2.45. The van der Waals surface area contributed by atoms with Crippen molar-refractivity contribution in [2.24, 2.45) is 0 Å². The van der Waals surface area contributed by atoms with Crippen LogP contribution in [0.2, 0.25) is 0 Å². The number of hydrogen-bond acceptors (Lipinski definition) is 6. The van der Waals surface area contributed by atoms with Gasteiger partial charge in [-0.1, -0.05) is 0 Å². The van der Waals surface area contributed by atoms with E-state index in [9.17, 15) is 19.2 Å². The van der Waals surface area contributed by atoms with Crippen LogP contribution >= 0.6 is 0 Å². The molecular weight excluding hydrogens is 364 g/mol. The van der Waals surface area contributed by atoms with E-state index in [0.717, 1.165) is 0 Å². The molecule has 0 saturated carbocycles. The van der Waals surface area contributed by atoms with Crippen molar-refractivity contribution in [1.29, 1.82) is 0 Å². The summed E-state index contributed by atoms with van der Waals surface area (Å²) in [5.74, 6) is -3.39. The minimum absolute atomic E-state index is 0. The van der Waals surface area contributed by atoms with Crippen LogP contribution in [0.15, 0.2) is 0 Å². The number of hydrogen-bond donors (Lipinski definition) is 2. The van der Waals surface area contributed by atoms with E-state index >= 15 is 0 Å². The average molecular weight is 384 g/mol. The summed E-state index contributed by atoms with van der Waals surface area (Å²) in [4.78, 5) is 41.0. The molecule has 2 atom stereocenters. The Bertz CT molecular complexity index is 355. The zero-order chi connectivity index (χ0) is 17.7. The zero-order valence-corrected chi connectivity index (χ0v) is 13.6. The van der Waals surface area contributed by atoms with E-state index in [-0.39, 0.29) is 42.8 Å². The summed E-state index contributed by atoms with van der Waals surface area (Å²) < 4.78 is 8.53. The quantitative estimate of drug-likeness (QED) is 0.458. The number of carbonyl (C=O) groups is 4. The number of methoxy groups -OCH3 is 2. The third-order valence-electron chi connectivity index (χ3n) is 2.33. The maximum absolute atomic E-state index is 10.4. The van der Waals surface area contributed by atoms with Crippen LogP contribution in [0.1, 0.15) is 25.7 Å². The van der Waals surface area contributed by atoms with Gasteiger partial charge in [-0.3, -0.25) is 19.2 Å². The second kappa shape index (κ2) is 15.2. The van der Waals surface area contributed by atoms with Gasteiger partial charge in [0, 0.05) is 12.8 Å². The summed E-state index contributed by atoms with van der Waals surface area (Å²) in [6.45, 7) is 0. The summed E-state index contributed by atoms with van der Waals surface area (Å²) in [5.41, 5.74) is 13.8. The summed E-state index contributed by atoms with van der Waals surface area (Å²) >= 11 is 0. The molecular formula is C12H20CuN2O8. The summed E-state index contributed by atoms with van der Waals surface area (Å²) in [6, 6.07) is -2.46. The van der Waals surface area contributed by atoms with Crippen molar-refractivity contribution in [3.8, 4) is 0 Å². The van der Waals surface area contributed by atoms with Crippen LogP contribution in [-0.4, -0.2) is 60.4 Å². The maximum atomic E-state index is 10.4. The first-order valence-corrected chi connectivity index (χ1v) is 6.17. The molecule has 1 radical (unpaired) electrons. The molecule has 0 aliphatic rings. The van der Waals surface area contributed by atoms with Crippen molar-refractivity contribution in [2.45, 2.75) is 37.8 Å². The fourth-order valence-corrected chi connectivity index (χ4v) is 0.975. The van der Waals surface area contributed by atoms with Gasteiger partial charge in [0.05, 0.1) is 14.2 Å². The van der Waals surface area contributed by atoms with Gasteiger partial charge in [0.25, 0.3) is 11.9 Å². The molecule has 0 aromatic carbocycles. The van der Waals surface area contributed by atoms with Crippen LogP contribution < -0.4 is 0 Å².